The second kappa shape index (κ2) is 5.35. The quantitative estimate of drug-likeness (QED) is 0.769. The molecule has 0 radical (unpaired) electrons. The predicted octanol–water partition coefficient (Wildman–Crippen LogP) is 1.94. The monoisotopic (exact) mass is 244 g/mol. The number of imidazole rings is 1. The zero-order chi connectivity index (χ0) is 13.0. The van der Waals surface area contributed by atoms with E-state index in [-0.39, 0.29) is 11.9 Å². The summed E-state index contributed by atoms with van der Waals surface area (Å²) in [7, 11) is 1.79. The molecular weight excluding hydrogens is 228 g/mol. The molecular formula is C13H16N4O. The van der Waals surface area contributed by atoms with Crippen LogP contribution < -0.4 is 10.6 Å². The minimum Gasteiger partial charge on any atom is -0.387 e. The average Bonchev–Trinajstić information content (AvgIpc) is 2.92. The number of anilines is 1. The summed E-state index contributed by atoms with van der Waals surface area (Å²) in [6.45, 7) is 1.89. The van der Waals surface area contributed by atoms with E-state index in [1.165, 1.54) is 0 Å². The number of rotatable bonds is 4. The zero-order valence-corrected chi connectivity index (χ0v) is 10.4. The van der Waals surface area contributed by atoms with E-state index in [1.54, 1.807) is 25.5 Å². The van der Waals surface area contributed by atoms with Crippen LogP contribution in [0.5, 0.6) is 0 Å². The number of H-pyrrole nitrogens is 1. The Morgan fingerprint density at radius 2 is 2.17 bits per heavy atom. The molecule has 5 nitrogen and oxygen atoms in total. The highest BCUT2D eigenvalue weighted by atomic mass is 16.1. The summed E-state index contributed by atoms with van der Waals surface area (Å²) in [5.41, 5.74) is 1.43. The molecule has 1 unspecified atom stereocenters. The Kier molecular flexibility index (Phi) is 3.62. The Labute approximate surface area is 106 Å². The molecule has 0 spiro atoms. The fraction of sp³-hybridized carbons (Fsp3) is 0.231. The van der Waals surface area contributed by atoms with Crippen molar-refractivity contribution in [1.29, 1.82) is 0 Å². The Balaban J connectivity index is 2.12. The second-order valence-corrected chi connectivity index (χ2v) is 3.97. The first-order valence-electron chi connectivity index (χ1n) is 5.79. The summed E-state index contributed by atoms with van der Waals surface area (Å²) in [6, 6.07) is 7.23. The van der Waals surface area contributed by atoms with Gasteiger partial charge in [-0.05, 0) is 19.1 Å². The van der Waals surface area contributed by atoms with Gasteiger partial charge in [0.1, 0.15) is 5.82 Å². The summed E-state index contributed by atoms with van der Waals surface area (Å²) < 4.78 is 0. The van der Waals surface area contributed by atoms with Gasteiger partial charge in [0.15, 0.2) is 0 Å². The van der Waals surface area contributed by atoms with Gasteiger partial charge in [-0.2, -0.15) is 0 Å². The highest BCUT2D eigenvalue weighted by molar-refractivity contribution is 5.99. The lowest BCUT2D eigenvalue weighted by molar-refractivity contribution is 0.0939. The van der Waals surface area contributed by atoms with E-state index in [1.807, 2.05) is 25.1 Å². The maximum Gasteiger partial charge on any atom is 0.253 e. The van der Waals surface area contributed by atoms with E-state index in [2.05, 4.69) is 20.6 Å². The average molecular weight is 244 g/mol. The van der Waals surface area contributed by atoms with E-state index in [9.17, 15) is 4.79 Å². The molecule has 0 bridgehead atoms. The summed E-state index contributed by atoms with van der Waals surface area (Å²) in [4.78, 5) is 19.2. The van der Waals surface area contributed by atoms with Gasteiger partial charge in [-0.1, -0.05) is 12.1 Å². The zero-order valence-electron chi connectivity index (χ0n) is 10.4. The number of nitrogens with one attached hydrogen (secondary N) is 3. The number of carbonyl (C=O) groups excluding carboxylic acids is 1. The second-order valence-electron chi connectivity index (χ2n) is 3.97. The lowest BCUT2D eigenvalue weighted by Gasteiger charge is -2.13. The maximum absolute atomic E-state index is 12.1. The van der Waals surface area contributed by atoms with Crippen molar-refractivity contribution in [1.82, 2.24) is 15.3 Å². The molecule has 1 amide bonds. The van der Waals surface area contributed by atoms with Crippen LogP contribution in [0.4, 0.5) is 5.69 Å². The number of amides is 1. The van der Waals surface area contributed by atoms with Crippen LogP contribution in [0.1, 0.15) is 29.1 Å². The van der Waals surface area contributed by atoms with Crippen LogP contribution in [0.3, 0.4) is 0 Å². The van der Waals surface area contributed by atoms with Crippen LogP contribution >= 0.6 is 0 Å². The highest BCUT2D eigenvalue weighted by Gasteiger charge is 2.15. The Hall–Kier alpha value is -2.30. The number of carbonyl (C=O) groups is 1. The van der Waals surface area contributed by atoms with Crippen molar-refractivity contribution >= 4 is 11.6 Å². The third kappa shape index (κ3) is 2.51. The van der Waals surface area contributed by atoms with Crippen LogP contribution in [-0.2, 0) is 0 Å². The number of hydrogen-bond donors (Lipinski definition) is 3. The number of aromatic amines is 1. The molecule has 0 aliphatic rings. The molecule has 1 heterocycles. The van der Waals surface area contributed by atoms with Crippen molar-refractivity contribution < 1.29 is 4.79 Å². The fourth-order valence-electron chi connectivity index (χ4n) is 1.76. The number of nitrogens with zero attached hydrogens (tertiary/aromatic N) is 1. The summed E-state index contributed by atoms with van der Waals surface area (Å²) in [6.07, 6.45) is 3.40. The number of benzene rings is 1. The Bertz CT molecular complexity index is 522. The maximum atomic E-state index is 12.1. The predicted molar refractivity (Wildman–Crippen MR) is 70.5 cm³/mol. The molecule has 94 valence electrons. The van der Waals surface area contributed by atoms with Gasteiger partial charge in [-0.3, -0.25) is 4.79 Å². The molecule has 0 saturated carbocycles. The SMILES string of the molecule is CNc1ccccc1C(=O)NC(C)c1ncc[nH]1. The standard InChI is InChI=1S/C13H16N4O/c1-9(12-15-7-8-16-12)17-13(18)10-5-3-4-6-11(10)14-2/h3-9,14H,1-2H3,(H,15,16)(H,17,18). The van der Waals surface area contributed by atoms with E-state index >= 15 is 0 Å². The highest BCUT2D eigenvalue weighted by Crippen LogP contribution is 2.15. The molecule has 1 aromatic carbocycles. The molecule has 0 saturated heterocycles. The molecule has 18 heavy (non-hydrogen) atoms. The van der Waals surface area contributed by atoms with E-state index in [0.717, 1.165) is 11.5 Å². The third-order valence-electron chi connectivity index (χ3n) is 2.72. The first-order valence-corrected chi connectivity index (χ1v) is 5.79. The van der Waals surface area contributed by atoms with Crippen molar-refractivity contribution in [3.8, 4) is 0 Å². The van der Waals surface area contributed by atoms with Crippen LogP contribution in [0.15, 0.2) is 36.7 Å². The molecule has 0 fully saturated rings. The lowest BCUT2D eigenvalue weighted by Crippen LogP contribution is -2.27. The molecule has 1 atom stereocenters. The normalized spacial score (nSPS) is 11.9. The molecule has 5 heteroatoms. The lowest BCUT2D eigenvalue weighted by atomic mass is 10.1. The van der Waals surface area contributed by atoms with Crippen LogP contribution in [-0.4, -0.2) is 22.9 Å². The van der Waals surface area contributed by atoms with Gasteiger partial charge in [0.05, 0.1) is 11.6 Å². The van der Waals surface area contributed by atoms with Gasteiger partial charge in [0.2, 0.25) is 0 Å². The molecule has 3 N–H and O–H groups in total. The summed E-state index contributed by atoms with van der Waals surface area (Å²) >= 11 is 0. The third-order valence-corrected chi connectivity index (χ3v) is 2.72. The van der Waals surface area contributed by atoms with E-state index < -0.39 is 0 Å². The van der Waals surface area contributed by atoms with E-state index in [4.69, 9.17) is 0 Å². The van der Waals surface area contributed by atoms with Gasteiger partial charge in [-0.15, -0.1) is 0 Å². The smallest absolute Gasteiger partial charge is 0.253 e. The Morgan fingerprint density at radius 3 is 2.83 bits per heavy atom. The van der Waals surface area contributed by atoms with Gasteiger partial charge < -0.3 is 15.6 Å². The molecule has 2 rings (SSSR count). The van der Waals surface area contributed by atoms with Crippen molar-refractivity contribution in [2.75, 3.05) is 12.4 Å². The van der Waals surface area contributed by atoms with Crippen LogP contribution in [0.25, 0.3) is 0 Å². The van der Waals surface area contributed by atoms with Crippen LogP contribution in [0.2, 0.25) is 0 Å². The minimum atomic E-state index is -0.155. The first kappa shape index (κ1) is 12.2. The number of hydrogen-bond acceptors (Lipinski definition) is 3. The number of aromatic nitrogens is 2. The largest absolute Gasteiger partial charge is 0.387 e. The van der Waals surface area contributed by atoms with Crippen molar-refractivity contribution in [2.24, 2.45) is 0 Å². The number of para-hydroxylation sites is 1. The van der Waals surface area contributed by atoms with Gasteiger partial charge in [-0.25, -0.2) is 4.98 Å². The topological polar surface area (TPSA) is 69.8 Å². The molecule has 2 aromatic rings. The van der Waals surface area contributed by atoms with Gasteiger partial charge >= 0.3 is 0 Å². The van der Waals surface area contributed by atoms with Crippen LogP contribution in [0, 0.1) is 0 Å². The minimum absolute atomic E-state index is 0.121. The van der Waals surface area contributed by atoms with Gasteiger partial charge in [0, 0.05) is 25.1 Å². The Morgan fingerprint density at radius 1 is 1.39 bits per heavy atom. The fourth-order valence-corrected chi connectivity index (χ4v) is 1.76. The summed E-state index contributed by atoms with van der Waals surface area (Å²) in [5, 5.41) is 5.90. The van der Waals surface area contributed by atoms with Crippen molar-refractivity contribution in [3.63, 3.8) is 0 Å². The first-order chi connectivity index (χ1) is 8.72. The molecule has 0 aliphatic heterocycles. The molecule has 1 aromatic heterocycles. The van der Waals surface area contributed by atoms with E-state index in [0.29, 0.717) is 5.56 Å². The van der Waals surface area contributed by atoms with Crippen molar-refractivity contribution in [3.05, 3.63) is 48.0 Å². The summed E-state index contributed by atoms with van der Waals surface area (Å²) in [5.74, 6) is 0.620. The van der Waals surface area contributed by atoms with Crippen molar-refractivity contribution in [2.45, 2.75) is 13.0 Å². The van der Waals surface area contributed by atoms with Gasteiger partial charge in [0.25, 0.3) is 5.91 Å². The molecule has 0 aliphatic carbocycles.